The van der Waals surface area contributed by atoms with Crippen LogP contribution in [0.4, 0.5) is 5.82 Å². The molecule has 0 radical (unpaired) electrons. The molecule has 2 aliphatic heterocycles. The predicted octanol–water partition coefficient (Wildman–Crippen LogP) is 1.25. The first-order valence-electron chi connectivity index (χ1n) is 7.65. The minimum absolute atomic E-state index is 0.0356. The van der Waals surface area contributed by atoms with Crippen molar-refractivity contribution in [2.24, 2.45) is 5.41 Å². The lowest BCUT2D eigenvalue weighted by Crippen LogP contribution is -2.35. The van der Waals surface area contributed by atoms with Crippen molar-refractivity contribution in [1.82, 2.24) is 9.29 Å². The third-order valence-corrected chi connectivity index (χ3v) is 6.53. The fraction of sp³-hybridized carbons (Fsp3) is 0.600. The Morgan fingerprint density at radius 3 is 2.82 bits per heavy atom. The van der Waals surface area contributed by atoms with Gasteiger partial charge in [0.15, 0.2) is 0 Å². The highest BCUT2D eigenvalue weighted by molar-refractivity contribution is 7.89. The van der Waals surface area contributed by atoms with E-state index in [1.165, 1.54) is 0 Å². The number of hydrogen-bond donors (Lipinski definition) is 0. The minimum atomic E-state index is -3.19. The lowest BCUT2D eigenvalue weighted by Gasteiger charge is -2.23. The molecule has 1 unspecified atom stereocenters. The Bertz CT molecular complexity index is 662. The molecule has 120 valence electrons. The lowest BCUT2D eigenvalue weighted by atomic mass is 9.86. The molecule has 1 atom stereocenters. The largest absolute Gasteiger partial charge is 0.296 e. The van der Waals surface area contributed by atoms with Crippen molar-refractivity contribution in [3.63, 3.8) is 0 Å². The van der Waals surface area contributed by atoms with E-state index in [0.29, 0.717) is 38.3 Å². The summed E-state index contributed by atoms with van der Waals surface area (Å²) in [5.41, 5.74) is -0.255. The van der Waals surface area contributed by atoms with Gasteiger partial charge in [0, 0.05) is 37.7 Å². The normalized spacial score (nSPS) is 26.2. The van der Waals surface area contributed by atoms with Crippen LogP contribution in [0.5, 0.6) is 0 Å². The molecule has 0 aliphatic carbocycles. The van der Waals surface area contributed by atoms with Gasteiger partial charge in [-0.3, -0.25) is 9.69 Å². The van der Waals surface area contributed by atoms with Gasteiger partial charge in [-0.2, -0.15) is 0 Å². The van der Waals surface area contributed by atoms with Gasteiger partial charge in [0.1, 0.15) is 5.82 Å². The van der Waals surface area contributed by atoms with E-state index in [1.54, 1.807) is 15.4 Å². The Labute approximate surface area is 131 Å². The summed E-state index contributed by atoms with van der Waals surface area (Å²) in [7, 11) is -3.19. The van der Waals surface area contributed by atoms with Crippen molar-refractivity contribution < 1.29 is 13.2 Å². The van der Waals surface area contributed by atoms with Gasteiger partial charge < -0.3 is 0 Å². The second kappa shape index (κ2) is 5.62. The highest BCUT2D eigenvalue weighted by atomic mass is 32.2. The van der Waals surface area contributed by atoms with Crippen molar-refractivity contribution in [3.8, 4) is 0 Å². The third kappa shape index (κ3) is 2.75. The number of hydrogen-bond acceptors (Lipinski definition) is 4. The zero-order chi connectivity index (χ0) is 15.8. The molecule has 1 aromatic rings. The lowest BCUT2D eigenvalue weighted by molar-refractivity contribution is -0.117. The molecule has 7 heteroatoms. The summed E-state index contributed by atoms with van der Waals surface area (Å²) in [4.78, 5) is 18.3. The maximum absolute atomic E-state index is 12.3. The number of carbonyl (C=O) groups is 1. The summed E-state index contributed by atoms with van der Waals surface area (Å²) in [6.45, 7) is 3.39. The van der Waals surface area contributed by atoms with Gasteiger partial charge in [-0.25, -0.2) is 17.7 Å². The van der Waals surface area contributed by atoms with E-state index < -0.39 is 10.0 Å². The number of rotatable bonds is 4. The van der Waals surface area contributed by atoms with Crippen LogP contribution in [-0.2, 0) is 14.8 Å². The van der Waals surface area contributed by atoms with E-state index in [4.69, 9.17) is 0 Å². The number of sulfonamides is 1. The second-order valence-electron chi connectivity index (χ2n) is 6.24. The smallest absolute Gasteiger partial charge is 0.228 e. The van der Waals surface area contributed by atoms with E-state index in [9.17, 15) is 13.2 Å². The Kier molecular flexibility index (Phi) is 3.94. The Morgan fingerprint density at radius 1 is 1.32 bits per heavy atom. The van der Waals surface area contributed by atoms with Gasteiger partial charge in [0.25, 0.3) is 0 Å². The van der Waals surface area contributed by atoms with Crippen LogP contribution in [-0.4, -0.2) is 49.0 Å². The van der Waals surface area contributed by atoms with Crippen molar-refractivity contribution in [2.75, 3.05) is 30.3 Å². The molecule has 1 amide bonds. The molecule has 22 heavy (non-hydrogen) atoms. The second-order valence-corrected chi connectivity index (χ2v) is 8.33. The molecule has 0 bridgehead atoms. The first-order chi connectivity index (χ1) is 10.5. The number of carbonyl (C=O) groups excluding carboxylic acids is 1. The quantitative estimate of drug-likeness (QED) is 0.836. The van der Waals surface area contributed by atoms with Gasteiger partial charge in [0.2, 0.25) is 15.9 Å². The topological polar surface area (TPSA) is 70.6 Å². The summed E-state index contributed by atoms with van der Waals surface area (Å²) >= 11 is 0. The van der Waals surface area contributed by atoms with Crippen LogP contribution in [0, 0.1) is 5.41 Å². The number of amides is 1. The number of anilines is 1. The van der Waals surface area contributed by atoms with Crippen LogP contribution < -0.4 is 4.90 Å². The summed E-state index contributed by atoms with van der Waals surface area (Å²) < 4.78 is 26.0. The first kappa shape index (κ1) is 15.4. The molecule has 2 fully saturated rings. The summed E-state index contributed by atoms with van der Waals surface area (Å²) in [5.74, 6) is 0.869. The van der Waals surface area contributed by atoms with Crippen LogP contribution in [0.25, 0.3) is 0 Å². The van der Waals surface area contributed by atoms with Crippen molar-refractivity contribution in [1.29, 1.82) is 0 Å². The van der Waals surface area contributed by atoms with Gasteiger partial charge >= 0.3 is 0 Å². The molecule has 1 aromatic heterocycles. The molecular formula is C15H21N3O3S. The maximum atomic E-state index is 12.3. The predicted molar refractivity (Wildman–Crippen MR) is 83.9 cm³/mol. The monoisotopic (exact) mass is 323 g/mol. The molecule has 1 spiro atoms. The van der Waals surface area contributed by atoms with Gasteiger partial charge in [-0.1, -0.05) is 13.0 Å². The Morgan fingerprint density at radius 2 is 2.14 bits per heavy atom. The van der Waals surface area contributed by atoms with Crippen molar-refractivity contribution >= 4 is 21.7 Å². The molecule has 0 aromatic carbocycles. The summed E-state index contributed by atoms with van der Waals surface area (Å²) in [6.07, 6.45) is 3.43. The molecule has 3 heterocycles. The van der Waals surface area contributed by atoms with Crippen molar-refractivity contribution in [3.05, 3.63) is 24.4 Å². The van der Waals surface area contributed by atoms with Crippen molar-refractivity contribution in [2.45, 2.75) is 26.2 Å². The summed E-state index contributed by atoms with van der Waals surface area (Å²) in [5, 5.41) is 0. The zero-order valence-electron chi connectivity index (χ0n) is 12.7. The number of pyridine rings is 1. The van der Waals surface area contributed by atoms with E-state index in [2.05, 4.69) is 4.98 Å². The van der Waals surface area contributed by atoms with Crippen LogP contribution in [0.1, 0.15) is 26.2 Å². The molecular weight excluding hydrogens is 302 g/mol. The molecule has 2 aliphatic rings. The van der Waals surface area contributed by atoms with Gasteiger partial charge in [0.05, 0.1) is 5.75 Å². The SMILES string of the molecule is CCCS(=O)(=O)N1CCC2(CC(=O)N(c3ccccn3)C2)C1. The van der Waals surface area contributed by atoms with E-state index in [-0.39, 0.29) is 17.1 Å². The highest BCUT2D eigenvalue weighted by Gasteiger charge is 2.50. The van der Waals surface area contributed by atoms with Crippen LogP contribution in [0.2, 0.25) is 0 Å². The fourth-order valence-corrected chi connectivity index (χ4v) is 5.02. The van der Waals surface area contributed by atoms with Crippen LogP contribution >= 0.6 is 0 Å². The third-order valence-electron chi connectivity index (χ3n) is 4.51. The van der Waals surface area contributed by atoms with Crippen LogP contribution in [0.15, 0.2) is 24.4 Å². The first-order valence-corrected chi connectivity index (χ1v) is 9.26. The maximum Gasteiger partial charge on any atom is 0.228 e. The van der Waals surface area contributed by atoms with Gasteiger partial charge in [-0.05, 0) is 25.0 Å². The number of nitrogens with zero attached hydrogens (tertiary/aromatic N) is 3. The Hall–Kier alpha value is -1.47. The van der Waals surface area contributed by atoms with Crippen LogP contribution in [0.3, 0.4) is 0 Å². The summed E-state index contributed by atoms with van der Waals surface area (Å²) in [6, 6.07) is 5.49. The highest BCUT2D eigenvalue weighted by Crippen LogP contribution is 2.42. The standard InChI is InChI=1S/C15H21N3O3S/c1-2-9-22(20,21)17-8-6-15(11-17)10-14(19)18(12-15)13-5-3-4-7-16-13/h3-5,7H,2,6,8-12H2,1H3. The molecule has 6 nitrogen and oxygen atoms in total. The molecule has 0 N–H and O–H groups in total. The molecule has 3 rings (SSSR count). The molecule has 0 saturated carbocycles. The molecule has 2 saturated heterocycles. The zero-order valence-corrected chi connectivity index (χ0v) is 13.6. The fourth-order valence-electron chi connectivity index (χ4n) is 3.41. The van der Waals surface area contributed by atoms with Gasteiger partial charge in [-0.15, -0.1) is 0 Å². The average molecular weight is 323 g/mol. The van der Waals surface area contributed by atoms with E-state index in [1.807, 2.05) is 25.1 Å². The van der Waals surface area contributed by atoms with E-state index in [0.717, 1.165) is 6.42 Å². The van der Waals surface area contributed by atoms with E-state index >= 15 is 0 Å². The Balaban J connectivity index is 1.76. The average Bonchev–Trinajstić information content (AvgIpc) is 3.04. The minimum Gasteiger partial charge on any atom is -0.296 e. The number of aromatic nitrogens is 1.